The Balaban J connectivity index is 1.49. The minimum Gasteiger partial charge on any atom is -0.381 e. The Morgan fingerprint density at radius 1 is 1.00 bits per heavy atom. The highest BCUT2D eigenvalue weighted by molar-refractivity contribution is 7.17. The number of aromatic nitrogens is 4. The number of carbonyl (C=O) groups excluding carboxylic acids is 1. The molecule has 4 aromatic heterocycles. The molecule has 0 saturated heterocycles. The maximum absolute atomic E-state index is 11.9. The summed E-state index contributed by atoms with van der Waals surface area (Å²) in [5, 5.41) is 3.59. The Morgan fingerprint density at radius 2 is 1.84 bits per heavy atom. The van der Waals surface area contributed by atoms with Gasteiger partial charge in [-0.1, -0.05) is 13.0 Å². The van der Waals surface area contributed by atoms with Crippen molar-refractivity contribution in [2.45, 2.75) is 20.3 Å². The number of ketones is 1. The van der Waals surface area contributed by atoms with E-state index in [2.05, 4.69) is 56.4 Å². The lowest BCUT2D eigenvalue weighted by Crippen LogP contribution is -2.15. The molecule has 2 N–H and O–H groups in total. The Morgan fingerprint density at radius 3 is 2.61 bits per heavy atom. The van der Waals surface area contributed by atoms with E-state index in [1.165, 1.54) is 16.9 Å². The topological polar surface area (TPSA) is 86.8 Å². The van der Waals surface area contributed by atoms with Crippen LogP contribution < -0.4 is 10.2 Å². The third-order valence-corrected chi connectivity index (χ3v) is 8.20. The molecule has 1 aliphatic rings. The summed E-state index contributed by atoms with van der Waals surface area (Å²) in [6, 6.07) is 12.5. The number of Topliss-reactive ketones (excluding diaryl/α,β-unsaturated/α-hetero) is 1. The molecule has 6 rings (SSSR count). The van der Waals surface area contributed by atoms with Gasteiger partial charge in [-0.3, -0.25) is 14.8 Å². The molecule has 0 fully saturated rings. The van der Waals surface area contributed by atoms with Crippen molar-refractivity contribution in [1.82, 2.24) is 19.9 Å². The minimum atomic E-state index is 0.0651. The summed E-state index contributed by atoms with van der Waals surface area (Å²) < 4.78 is 0. The molecular formula is C30H28N6OS. The molecule has 0 spiro atoms. The summed E-state index contributed by atoms with van der Waals surface area (Å²) in [5.41, 5.74) is 10.5. The van der Waals surface area contributed by atoms with Gasteiger partial charge in [0.25, 0.3) is 0 Å². The third kappa shape index (κ3) is 4.16. The van der Waals surface area contributed by atoms with Gasteiger partial charge >= 0.3 is 0 Å². The Labute approximate surface area is 225 Å². The van der Waals surface area contributed by atoms with Crippen molar-refractivity contribution in [3.05, 3.63) is 83.0 Å². The van der Waals surface area contributed by atoms with Gasteiger partial charge < -0.3 is 15.2 Å². The number of imidazole rings is 1. The van der Waals surface area contributed by atoms with Crippen LogP contribution in [0.1, 0.15) is 41.3 Å². The minimum absolute atomic E-state index is 0.0651. The standard InChI is InChI=1S/C30H28N6OS/c1-5-18-13-33-24-7-6-19(20-10-21(36(3)4)14-31-12-20)11-22(24)28(18)30-34-25-16-32-15-23(29(25)35-30)27-9-8-26(38-27)17(2)37/h6-12,14-16,33H,5,13H2,1-4H3,(H,34,35). The van der Waals surface area contributed by atoms with Gasteiger partial charge in [0, 0.05) is 65.9 Å². The fraction of sp³-hybridized carbons (Fsp3) is 0.200. The maximum Gasteiger partial charge on any atom is 0.169 e. The Bertz CT molecular complexity index is 1730. The van der Waals surface area contributed by atoms with Crippen molar-refractivity contribution < 1.29 is 4.79 Å². The van der Waals surface area contributed by atoms with E-state index in [4.69, 9.17) is 4.98 Å². The highest BCUT2D eigenvalue weighted by Crippen LogP contribution is 2.40. The Hall–Kier alpha value is -4.30. The number of nitrogens with zero attached hydrogens (tertiary/aromatic N) is 4. The molecule has 0 saturated carbocycles. The average molecular weight is 521 g/mol. The van der Waals surface area contributed by atoms with Crippen LogP contribution in [-0.4, -0.2) is 46.4 Å². The lowest BCUT2D eigenvalue weighted by atomic mass is 9.90. The molecule has 8 heteroatoms. The number of rotatable bonds is 6. The zero-order valence-corrected chi connectivity index (χ0v) is 22.6. The zero-order chi connectivity index (χ0) is 26.4. The highest BCUT2D eigenvalue weighted by Gasteiger charge is 2.24. The van der Waals surface area contributed by atoms with E-state index in [0.29, 0.717) is 0 Å². The van der Waals surface area contributed by atoms with Crippen molar-refractivity contribution in [1.29, 1.82) is 0 Å². The molecule has 0 radical (unpaired) electrons. The molecular weight excluding hydrogens is 492 g/mol. The van der Waals surface area contributed by atoms with E-state index < -0.39 is 0 Å². The number of carbonyl (C=O) groups is 1. The fourth-order valence-electron chi connectivity index (χ4n) is 4.90. The number of hydrogen-bond acceptors (Lipinski definition) is 7. The number of thiophene rings is 1. The van der Waals surface area contributed by atoms with Crippen LogP contribution in [0.25, 0.3) is 38.2 Å². The van der Waals surface area contributed by atoms with Gasteiger partial charge in [-0.2, -0.15) is 0 Å². The van der Waals surface area contributed by atoms with Gasteiger partial charge in [0.2, 0.25) is 0 Å². The lowest BCUT2D eigenvalue weighted by Gasteiger charge is -2.24. The first-order valence-corrected chi connectivity index (χ1v) is 13.4. The van der Waals surface area contributed by atoms with Crippen LogP contribution in [0.15, 0.2) is 66.8 Å². The first-order valence-electron chi connectivity index (χ1n) is 12.6. The monoisotopic (exact) mass is 520 g/mol. The summed E-state index contributed by atoms with van der Waals surface area (Å²) in [6.45, 7) is 4.54. The fourth-order valence-corrected chi connectivity index (χ4v) is 5.81. The molecule has 7 nitrogen and oxygen atoms in total. The van der Waals surface area contributed by atoms with Gasteiger partial charge in [0.1, 0.15) is 11.3 Å². The highest BCUT2D eigenvalue weighted by atomic mass is 32.1. The van der Waals surface area contributed by atoms with Crippen LogP contribution in [0.5, 0.6) is 0 Å². The largest absolute Gasteiger partial charge is 0.381 e. The maximum atomic E-state index is 11.9. The number of H-pyrrole nitrogens is 1. The number of fused-ring (bicyclic) bond motifs is 2. The number of anilines is 2. The van der Waals surface area contributed by atoms with Gasteiger partial charge in [0.15, 0.2) is 5.78 Å². The molecule has 1 aliphatic heterocycles. The average Bonchev–Trinajstić information content (AvgIpc) is 3.60. The normalized spacial score (nSPS) is 12.9. The molecule has 38 heavy (non-hydrogen) atoms. The van der Waals surface area contributed by atoms with Crippen molar-refractivity contribution in [2.75, 3.05) is 30.9 Å². The van der Waals surface area contributed by atoms with Crippen LogP contribution in [0.2, 0.25) is 0 Å². The van der Waals surface area contributed by atoms with Crippen molar-refractivity contribution in [2.24, 2.45) is 0 Å². The summed E-state index contributed by atoms with van der Waals surface area (Å²) >= 11 is 1.48. The van der Waals surface area contributed by atoms with Crippen LogP contribution in [0.3, 0.4) is 0 Å². The molecule has 0 atom stereocenters. The van der Waals surface area contributed by atoms with Gasteiger partial charge in [-0.25, -0.2) is 4.98 Å². The summed E-state index contributed by atoms with van der Waals surface area (Å²) in [7, 11) is 4.04. The van der Waals surface area contributed by atoms with Gasteiger partial charge in [-0.05, 0) is 54.8 Å². The van der Waals surface area contributed by atoms with Gasteiger partial charge in [0.05, 0.1) is 28.5 Å². The number of aromatic amines is 1. The summed E-state index contributed by atoms with van der Waals surface area (Å²) in [6.07, 6.45) is 8.33. The molecule has 5 heterocycles. The quantitative estimate of drug-likeness (QED) is 0.244. The van der Waals surface area contributed by atoms with Crippen molar-refractivity contribution in [3.8, 4) is 21.6 Å². The van der Waals surface area contributed by atoms with E-state index in [-0.39, 0.29) is 5.78 Å². The van der Waals surface area contributed by atoms with Crippen LogP contribution in [0.4, 0.5) is 11.4 Å². The van der Waals surface area contributed by atoms with Crippen LogP contribution in [0, 0.1) is 0 Å². The predicted octanol–water partition coefficient (Wildman–Crippen LogP) is 6.65. The molecule has 0 unspecified atom stereocenters. The first kappa shape index (κ1) is 24.1. The van der Waals surface area contributed by atoms with Crippen molar-refractivity contribution >= 4 is 45.1 Å². The second-order valence-electron chi connectivity index (χ2n) is 9.66. The van der Waals surface area contributed by atoms with Crippen LogP contribution in [-0.2, 0) is 0 Å². The smallest absolute Gasteiger partial charge is 0.169 e. The molecule has 0 bridgehead atoms. The lowest BCUT2D eigenvalue weighted by molar-refractivity contribution is 0.102. The van der Waals surface area contributed by atoms with E-state index in [1.54, 1.807) is 6.92 Å². The number of benzene rings is 1. The Kier molecular flexibility index (Phi) is 6.04. The predicted molar refractivity (Wildman–Crippen MR) is 156 cm³/mol. The van der Waals surface area contributed by atoms with Crippen LogP contribution >= 0.6 is 11.3 Å². The second-order valence-corrected chi connectivity index (χ2v) is 10.7. The van der Waals surface area contributed by atoms with Crippen molar-refractivity contribution in [3.63, 3.8) is 0 Å². The number of nitrogens with one attached hydrogen (secondary N) is 2. The van der Waals surface area contributed by atoms with Gasteiger partial charge in [-0.15, -0.1) is 11.3 Å². The molecule has 0 aliphatic carbocycles. The second kappa shape index (κ2) is 9.54. The third-order valence-electron chi connectivity index (χ3n) is 6.98. The molecule has 0 amide bonds. The summed E-state index contributed by atoms with van der Waals surface area (Å²) in [5.74, 6) is 0.893. The van der Waals surface area contributed by atoms with E-state index in [0.717, 1.165) is 78.8 Å². The molecule has 190 valence electrons. The molecule has 5 aromatic rings. The SMILES string of the molecule is CCC1=C(c2nc3c(-c4ccc(C(C)=O)s4)cncc3[nH]2)c2cc(-c3cncc(N(C)C)c3)ccc2NC1. The number of pyridine rings is 2. The first-order chi connectivity index (χ1) is 18.4. The number of hydrogen-bond donors (Lipinski definition) is 2. The van der Waals surface area contributed by atoms with E-state index >= 15 is 0 Å². The van der Waals surface area contributed by atoms with E-state index in [1.807, 2.05) is 51.0 Å². The zero-order valence-electron chi connectivity index (χ0n) is 21.8. The summed E-state index contributed by atoms with van der Waals surface area (Å²) in [4.78, 5) is 33.3. The van der Waals surface area contributed by atoms with E-state index in [9.17, 15) is 4.79 Å². The molecule has 1 aromatic carbocycles.